The van der Waals surface area contributed by atoms with Crippen LogP contribution in [0.4, 0.5) is 0 Å². The highest BCUT2D eigenvalue weighted by Gasteiger charge is 2.53. The minimum absolute atomic E-state index is 0.159. The number of hydrogen-bond acceptors (Lipinski definition) is 3. The van der Waals surface area contributed by atoms with E-state index in [4.69, 9.17) is 5.11 Å². The quantitative estimate of drug-likeness (QED) is 0.704. The average molecular weight is 241 g/mol. The van der Waals surface area contributed by atoms with Gasteiger partial charge in [0.05, 0.1) is 0 Å². The topological polar surface area (TPSA) is 77.8 Å². The van der Waals surface area contributed by atoms with Crippen LogP contribution in [-0.4, -0.2) is 46.7 Å². The number of carbonyl (C=O) groups excluding carboxylic acids is 1. The third kappa shape index (κ3) is 2.04. The van der Waals surface area contributed by atoms with Gasteiger partial charge >= 0.3 is 5.97 Å². The van der Waals surface area contributed by atoms with Crippen LogP contribution in [0, 0.1) is 11.3 Å². The first-order valence-electron chi connectivity index (χ1n) is 6.24. The molecule has 5 heteroatoms. The van der Waals surface area contributed by atoms with E-state index >= 15 is 0 Å². The molecule has 1 heterocycles. The van der Waals surface area contributed by atoms with E-state index in [1.54, 1.807) is 4.90 Å². The van der Waals surface area contributed by atoms with Gasteiger partial charge in [-0.2, -0.15) is 0 Å². The second kappa shape index (κ2) is 4.64. The Morgan fingerprint density at radius 2 is 1.82 bits per heavy atom. The van der Waals surface area contributed by atoms with E-state index in [2.05, 4.69) is 0 Å². The number of carboxylic acid groups (broad SMARTS) is 1. The lowest BCUT2D eigenvalue weighted by Gasteiger charge is -2.42. The molecule has 96 valence electrons. The van der Waals surface area contributed by atoms with Gasteiger partial charge in [-0.1, -0.05) is 6.42 Å². The van der Waals surface area contributed by atoms with Gasteiger partial charge in [-0.15, -0.1) is 0 Å². The molecule has 0 unspecified atom stereocenters. The lowest BCUT2D eigenvalue weighted by atomic mass is 9.67. The van der Waals surface area contributed by atoms with Gasteiger partial charge in [-0.05, 0) is 31.6 Å². The normalized spacial score (nSPS) is 24.2. The van der Waals surface area contributed by atoms with Gasteiger partial charge < -0.3 is 15.1 Å². The van der Waals surface area contributed by atoms with Crippen molar-refractivity contribution in [2.45, 2.75) is 32.1 Å². The maximum absolute atomic E-state index is 12.2. The van der Waals surface area contributed by atoms with Crippen molar-refractivity contribution >= 4 is 11.9 Å². The molecule has 0 bridgehead atoms. The lowest BCUT2D eigenvalue weighted by molar-refractivity contribution is -0.168. The Labute approximate surface area is 100 Å². The number of aliphatic hydroxyl groups is 1. The molecule has 1 aliphatic carbocycles. The summed E-state index contributed by atoms with van der Waals surface area (Å²) < 4.78 is 0. The molecule has 2 aliphatic rings. The molecule has 1 amide bonds. The number of aliphatic carboxylic acids is 1. The minimum atomic E-state index is -1.13. The van der Waals surface area contributed by atoms with E-state index in [9.17, 15) is 14.7 Å². The van der Waals surface area contributed by atoms with Gasteiger partial charge in [0.2, 0.25) is 5.91 Å². The average Bonchev–Trinajstić information content (AvgIpc) is 2.27. The Morgan fingerprint density at radius 1 is 1.24 bits per heavy atom. The van der Waals surface area contributed by atoms with Crippen molar-refractivity contribution < 1.29 is 19.8 Å². The second-order valence-corrected chi connectivity index (χ2v) is 5.16. The fourth-order valence-electron chi connectivity index (χ4n) is 2.67. The van der Waals surface area contributed by atoms with Crippen LogP contribution >= 0.6 is 0 Å². The molecule has 1 saturated carbocycles. The summed E-state index contributed by atoms with van der Waals surface area (Å²) >= 11 is 0. The molecule has 0 aromatic carbocycles. The maximum Gasteiger partial charge on any atom is 0.319 e. The number of hydrogen-bond donors (Lipinski definition) is 2. The highest BCUT2D eigenvalue weighted by Crippen LogP contribution is 2.43. The molecule has 0 aromatic heterocycles. The highest BCUT2D eigenvalue weighted by atomic mass is 16.4. The first kappa shape index (κ1) is 12.4. The van der Waals surface area contributed by atoms with Crippen LogP contribution in [0.5, 0.6) is 0 Å². The number of piperidine rings is 1. The van der Waals surface area contributed by atoms with Crippen LogP contribution in [-0.2, 0) is 9.59 Å². The predicted octanol–water partition coefficient (Wildman–Crippen LogP) is 0.472. The standard InChI is InChI=1S/C12H19NO4/c14-8-9-2-6-13(7-3-9)10(15)12(11(16)17)4-1-5-12/h9,14H,1-8H2,(H,16,17). The first-order valence-corrected chi connectivity index (χ1v) is 6.24. The number of amides is 1. The van der Waals surface area contributed by atoms with Crippen molar-refractivity contribution in [2.75, 3.05) is 19.7 Å². The summed E-state index contributed by atoms with van der Waals surface area (Å²) in [7, 11) is 0. The summed E-state index contributed by atoms with van der Waals surface area (Å²) in [6.45, 7) is 1.32. The van der Waals surface area contributed by atoms with Crippen molar-refractivity contribution in [2.24, 2.45) is 11.3 Å². The molecule has 1 saturated heterocycles. The molecule has 2 fully saturated rings. The molecular formula is C12H19NO4. The monoisotopic (exact) mass is 241 g/mol. The zero-order valence-corrected chi connectivity index (χ0v) is 9.89. The lowest BCUT2D eigenvalue weighted by Crippen LogP contribution is -2.54. The smallest absolute Gasteiger partial charge is 0.319 e. The first-order chi connectivity index (χ1) is 8.10. The Balaban J connectivity index is 1.99. The Morgan fingerprint density at radius 3 is 2.18 bits per heavy atom. The molecule has 2 rings (SSSR count). The summed E-state index contributed by atoms with van der Waals surface area (Å²) in [5, 5.41) is 18.2. The van der Waals surface area contributed by atoms with Crippen LogP contribution < -0.4 is 0 Å². The molecular weight excluding hydrogens is 222 g/mol. The zero-order chi connectivity index (χ0) is 12.5. The van der Waals surface area contributed by atoms with Crippen molar-refractivity contribution in [1.29, 1.82) is 0 Å². The van der Waals surface area contributed by atoms with Crippen LogP contribution in [0.1, 0.15) is 32.1 Å². The van der Waals surface area contributed by atoms with E-state index in [-0.39, 0.29) is 18.4 Å². The molecule has 17 heavy (non-hydrogen) atoms. The molecule has 0 atom stereocenters. The highest BCUT2D eigenvalue weighted by molar-refractivity contribution is 6.02. The Bertz CT molecular complexity index is 316. The summed E-state index contributed by atoms with van der Waals surface area (Å²) in [4.78, 5) is 25.1. The number of nitrogens with zero attached hydrogens (tertiary/aromatic N) is 1. The molecule has 1 aliphatic heterocycles. The van der Waals surface area contributed by atoms with Crippen molar-refractivity contribution in [3.8, 4) is 0 Å². The van der Waals surface area contributed by atoms with Gasteiger partial charge in [0.1, 0.15) is 5.41 Å². The fraction of sp³-hybridized carbons (Fsp3) is 0.833. The summed E-state index contributed by atoms with van der Waals surface area (Å²) in [5.74, 6) is -0.924. The Kier molecular flexibility index (Phi) is 3.38. The van der Waals surface area contributed by atoms with Crippen molar-refractivity contribution in [1.82, 2.24) is 4.90 Å². The molecule has 0 spiro atoms. The molecule has 0 radical (unpaired) electrons. The summed E-state index contributed by atoms with van der Waals surface area (Å²) in [5.41, 5.74) is -1.13. The van der Waals surface area contributed by atoms with E-state index in [0.29, 0.717) is 25.9 Å². The number of carbonyl (C=O) groups is 2. The van der Waals surface area contributed by atoms with Gasteiger partial charge in [-0.3, -0.25) is 9.59 Å². The zero-order valence-electron chi connectivity index (χ0n) is 9.89. The largest absolute Gasteiger partial charge is 0.480 e. The van der Waals surface area contributed by atoms with Crippen LogP contribution in [0.2, 0.25) is 0 Å². The van der Waals surface area contributed by atoms with Crippen molar-refractivity contribution in [3.05, 3.63) is 0 Å². The maximum atomic E-state index is 12.2. The summed E-state index contributed by atoms with van der Waals surface area (Å²) in [6.07, 6.45) is 3.32. The van der Waals surface area contributed by atoms with Crippen LogP contribution in [0.15, 0.2) is 0 Å². The molecule has 2 N–H and O–H groups in total. The third-order valence-corrected chi connectivity index (χ3v) is 4.19. The minimum Gasteiger partial charge on any atom is -0.480 e. The van der Waals surface area contributed by atoms with E-state index in [1.807, 2.05) is 0 Å². The van der Waals surface area contributed by atoms with Gasteiger partial charge in [0.15, 0.2) is 0 Å². The van der Waals surface area contributed by atoms with Crippen molar-refractivity contribution in [3.63, 3.8) is 0 Å². The van der Waals surface area contributed by atoms with Gasteiger partial charge in [0.25, 0.3) is 0 Å². The van der Waals surface area contributed by atoms with E-state index in [0.717, 1.165) is 19.3 Å². The Hall–Kier alpha value is -1.10. The predicted molar refractivity (Wildman–Crippen MR) is 60.3 cm³/mol. The third-order valence-electron chi connectivity index (χ3n) is 4.19. The number of rotatable bonds is 3. The number of carboxylic acids is 1. The second-order valence-electron chi connectivity index (χ2n) is 5.16. The molecule has 0 aromatic rings. The van der Waals surface area contributed by atoms with Gasteiger partial charge in [0, 0.05) is 19.7 Å². The van der Waals surface area contributed by atoms with Crippen LogP contribution in [0.3, 0.4) is 0 Å². The number of likely N-dealkylation sites (tertiary alicyclic amines) is 1. The van der Waals surface area contributed by atoms with E-state index < -0.39 is 11.4 Å². The summed E-state index contributed by atoms with van der Waals surface area (Å²) in [6, 6.07) is 0. The van der Waals surface area contributed by atoms with Gasteiger partial charge in [-0.25, -0.2) is 0 Å². The molecule has 5 nitrogen and oxygen atoms in total. The van der Waals surface area contributed by atoms with E-state index in [1.165, 1.54) is 0 Å². The SMILES string of the molecule is O=C(O)C1(C(=O)N2CCC(CO)CC2)CCC1. The fourth-order valence-corrected chi connectivity index (χ4v) is 2.67. The number of aliphatic hydroxyl groups excluding tert-OH is 1. The van der Waals surface area contributed by atoms with Crippen LogP contribution in [0.25, 0.3) is 0 Å².